The van der Waals surface area contributed by atoms with Crippen LogP contribution in [0, 0.1) is 17.3 Å². The van der Waals surface area contributed by atoms with Gasteiger partial charge in [0.25, 0.3) is 0 Å². The fourth-order valence-electron chi connectivity index (χ4n) is 1.72. The second-order valence-corrected chi connectivity index (χ2v) is 6.33. The largest absolute Gasteiger partial charge is 0.314 e. The van der Waals surface area contributed by atoms with Gasteiger partial charge in [0, 0.05) is 6.04 Å². The van der Waals surface area contributed by atoms with E-state index < -0.39 is 0 Å². The summed E-state index contributed by atoms with van der Waals surface area (Å²) in [5.41, 5.74) is 0.452. The third-order valence-corrected chi connectivity index (χ3v) is 2.61. The molecule has 14 heavy (non-hydrogen) atoms. The molecule has 0 aliphatic rings. The van der Waals surface area contributed by atoms with Crippen LogP contribution >= 0.6 is 0 Å². The molecule has 0 aliphatic carbocycles. The molecule has 0 saturated carbocycles. The molecule has 0 aliphatic heterocycles. The monoisotopic (exact) mass is 199 g/mol. The van der Waals surface area contributed by atoms with Crippen LogP contribution in [0.3, 0.4) is 0 Å². The van der Waals surface area contributed by atoms with Gasteiger partial charge < -0.3 is 5.32 Å². The maximum atomic E-state index is 3.55. The summed E-state index contributed by atoms with van der Waals surface area (Å²) >= 11 is 0. The van der Waals surface area contributed by atoms with E-state index in [1.54, 1.807) is 0 Å². The molecule has 0 spiro atoms. The Morgan fingerprint density at radius 1 is 1.00 bits per heavy atom. The Labute approximate surface area is 90.7 Å². The molecule has 0 aromatic heterocycles. The highest BCUT2D eigenvalue weighted by Crippen LogP contribution is 2.28. The van der Waals surface area contributed by atoms with Crippen molar-refractivity contribution >= 4 is 0 Å². The van der Waals surface area contributed by atoms with Gasteiger partial charge in [0.2, 0.25) is 0 Å². The Hall–Kier alpha value is -0.0400. The van der Waals surface area contributed by atoms with E-state index in [1.807, 2.05) is 0 Å². The third-order valence-electron chi connectivity index (χ3n) is 2.61. The first-order valence-corrected chi connectivity index (χ1v) is 5.96. The van der Waals surface area contributed by atoms with Gasteiger partial charge in [0.1, 0.15) is 0 Å². The van der Waals surface area contributed by atoms with Crippen molar-refractivity contribution in [3.63, 3.8) is 0 Å². The van der Waals surface area contributed by atoms with E-state index in [0.717, 1.165) is 18.4 Å². The third kappa shape index (κ3) is 7.37. The minimum Gasteiger partial charge on any atom is -0.314 e. The molecule has 0 aromatic rings. The smallest absolute Gasteiger partial charge is 0.00104 e. The molecule has 0 aromatic carbocycles. The van der Waals surface area contributed by atoms with Crippen LogP contribution in [0.4, 0.5) is 0 Å². The first kappa shape index (κ1) is 14.0. The second kappa shape index (κ2) is 5.75. The quantitative estimate of drug-likeness (QED) is 0.712. The molecular formula is C13H29N. The van der Waals surface area contributed by atoms with Crippen LogP contribution in [0.1, 0.15) is 54.9 Å². The van der Waals surface area contributed by atoms with Gasteiger partial charge in [-0.15, -0.1) is 0 Å². The SMILES string of the molecule is CC(C)NCC(CC(C)(C)C)C(C)C. The molecule has 0 saturated heterocycles. The summed E-state index contributed by atoms with van der Waals surface area (Å²) in [6.07, 6.45) is 1.31. The maximum Gasteiger partial charge on any atom is 0.00104 e. The number of rotatable bonds is 5. The summed E-state index contributed by atoms with van der Waals surface area (Å²) in [7, 11) is 0. The van der Waals surface area contributed by atoms with E-state index in [4.69, 9.17) is 0 Å². The maximum absolute atomic E-state index is 3.55. The lowest BCUT2D eigenvalue weighted by Gasteiger charge is -2.29. The summed E-state index contributed by atoms with van der Waals surface area (Å²) in [6.45, 7) is 17.2. The molecule has 0 heterocycles. The minimum absolute atomic E-state index is 0.452. The van der Waals surface area contributed by atoms with Crippen molar-refractivity contribution in [2.24, 2.45) is 17.3 Å². The van der Waals surface area contributed by atoms with E-state index in [9.17, 15) is 0 Å². The molecule has 1 nitrogen and oxygen atoms in total. The first-order valence-electron chi connectivity index (χ1n) is 5.96. The fourth-order valence-corrected chi connectivity index (χ4v) is 1.72. The van der Waals surface area contributed by atoms with Crippen molar-refractivity contribution in [2.75, 3.05) is 6.54 Å². The van der Waals surface area contributed by atoms with Gasteiger partial charge >= 0.3 is 0 Å². The molecule has 0 bridgehead atoms. The van der Waals surface area contributed by atoms with Crippen LogP contribution in [0.5, 0.6) is 0 Å². The van der Waals surface area contributed by atoms with Crippen LogP contribution < -0.4 is 5.32 Å². The van der Waals surface area contributed by atoms with Gasteiger partial charge in [-0.3, -0.25) is 0 Å². The molecule has 1 unspecified atom stereocenters. The number of nitrogens with one attached hydrogen (secondary N) is 1. The summed E-state index contributed by atoms with van der Waals surface area (Å²) in [5.74, 6) is 1.58. The van der Waals surface area contributed by atoms with Crippen molar-refractivity contribution in [3.05, 3.63) is 0 Å². The zero-order chi connectivity index (χ0) is 11.4. The van der Waals surface area contributed by atoms with E-state index >= 15 is 0 Å². The lowest BCUT2D eigenvalue weighted by molar-refractivity contribution is 0.232. The molecule has 0 rings (SSSR count). The Bertz CT molecular complexity index is 142. The highest BCUT2D eigenvalue weighted by molar-refractivity contribution is 4.74. The first-order chi connectivity index (χ1) is 6.22. The molecular weight excluding hydrogens is 170 g/mol. The zero-order valence-corrected chi connectivity index (χ0v) is 11.1. The highest BCUT2D eigenvalue weighted by Gasteiger charge is 2.21. The summed E-state index contributed by atoms with van der Waals surface area (Å²) in [4.78, 5) is 0. The highest BCUT2D eigenvalue weighted by atomic mass is 14.9. The van der Waals surface area contributed by atoms with Crippen LogP contribution in [-0.4, -0.2) is 12.6 Å². The van der Waals surface area contributed by atoms with Crippen LogP contribution in [-0.2, 0) is 0 Å². The van der Waals surface area contributed by atoms with Crippen molar-refractivity contribution in [1.29, 1.82) is 0 Å². The predicted octanol–water partition coefficient (Wildman–Crippen LogP) is 3.69. The number of hydrogen-bond acceptors (Lipinski definition) is 1. The Balaban J connectivity index is 4.03. The molecule has 1 heteroatoms. The topological polar surface area (TPSA) is 12.0 Å². The van der Waals surface area contributed by atoms with Gasteiger partial charge in [0.05, 0.1) is 0 Å². The predicted molar refractivity (Wildman–Crippen MR) is 65.5 cm³/mol. The Morgan fingerprint density at radius 3 is 1.79 bits per heavy atom. The van der Waals surface area contributed by atoms with E-state index in [1.165, 1.54) is 6.42 Å². The molecule has 1 N–H and O–H groups in total. The van der Waals surface area contributed by atoms with Crippen molar-refractivity contribution < 1.29 is 0 Å². The van der Waals surface area contributed by atoms with Gasteiger partial charge in [-0.1, -0.05) is 48.5 Å². The van der Waals surface area contributed by atoms with Crippen molar-refractivity contribution in [1.82, 2.24) is 5.32 Å². The zero-order valence-electron chi connectivity index (χ0n) is 11.1. The average molecular weight is 199 g/mol. The lowest BCUT2D eigenvalue weighted by atomic mass is 9.79. The standard InChI is InChI=1S/C13H29N/c1-10(2)12(8-13(5,6)7)9-14-11(3)4/h10-12,14H,8-9H2,1-7H3. The molecule has 1 atom stereocenters. The van der Waals surface area contributed by atoms with Crippen molar-refractivity contribution in [3.8, 4) is 0 Å². The average Bonchev–Trinajstić information content (AvgIpc) is 1.94. The van der Waals surface area contributed by atoms with Crippen molar-refractivity contribution in [2.45, 2.75) is 60.9 Å². The lowest BCUT2D eigenvalue weighted by Crippen LogP contribution is -2.33. The molecule has 0 radical (unpaired) electrons. The summed E-state index contributed by atoms with van der Waals surface area (Å²) < 4.78 is 0. The molecule has 86 valence electrons. The second-order valence-electron chi connectivity index (χ2n) is 6.33. The van der Waals surface area contributed by atoms with Crippen LogP contribution in [0.2, 0.25) is 0 Å². The fraction of sp³-hybridized carbons (Fsp3) is 1.00. The van der Waals surface area contributed by atoms with E-state index in [-0.39, 0.29) is 0 Å². The van der Waals surface area contributed by atoms with Gasteiger partial charge in [-0.05, 0) is 30.2 Å². The summed E-state index contributed by atoms with van der Waals surface area (Å²) in [6, 6.07) is 0.608. The minimum atomic E-state index is 0.452. The molecule has 0 fully saturated rings. The summed E-state index contributed by atoms with van der Waals surface area (Å²) in [5, 5.41) is 3.55. The van der Waals surface area contributed by atoms with Gasteiger partial charge in [0.15, 0.2) is 0 Å². The normalized spacial score (nSPS) is 15.2. The Morgan fingerprint density at radius 2 is 1.50 bits per heavy atom. The van der Waals surface area contributed by atoms with Crippen LogP contribution in [0.15, 0.2) is 0 Å². The van der Waals surface area contributed by atoms with Crippen LogP contribution in [0.25, 0.3) is 0 Å². The number of hydrogen-bond donors (Lipinski definition) is 1. The van der Waals surface area contributed by atoms with Gasteiger partial charge in [-0.25, -0.2) is 0 Å². The Kier molecular flexibility index (Phi) is 5.73. The molecule has 0 amide bonds. The van der Waals surface area contributed by atoms with Gasteiger partial charge in [-0.2, -0.15) is 0 Å². The van der Waals surface area contributed by atoms with E-state index in [2.05, 4.69) is 53.8 Å². The van der Waals surface area contributed by atoms with E-state index in [0.29, 0.717) is 11.5 Å².